The minimum absolute atomic E-state index is 0.290. The normalized spacial score (nSPS) is 13.7. The second-order valence-corrected chi connectivity index (χ2v) is 7.95. The van der Waals surface area contributed by atoms with Gasteiger partial charge in [-0.3, -0.25) is 0 Å². The molecule has 142 valence electrons. The molecular weight excluding hydrogens is 356 g/mol. The number of benzene rings is 4. The van der Waals surface area contributed by atoms with Gasteiger partial charge in [0, 0.05) is 11.0 Å². The van der Waals surface area contributed by atoms with Gasteiger partial charge in [0.05, 0.1) is 0 Å². The van der Waals surface area contributed by atoms with Gasteiger partial charge < -0.3 is 10.2 Å². The van der Waals surface area contributed by atoms with E-state index in [-0.39, 0.29) is 0 Å². The van der Waals surface area contributed by atoms with Gasteiger partial charge in [-0.1, -0.05) is 60.7 Å². The number of phenolic OH excluding ortho intramolecular Hbond substituents is 2. The molecule has 0 saturated heterocycles. The van der Waals surface area contributed by atoms with Crippen LogP contribution < -0.4 is 0 Å². The average Bonchev–Trinajstić information content (AvgIpc) is 3.01. The molecule has 0 aliphatic heterocycles. The van der Waals surface area contributed by atoms with Gasteiger partial charge in [-0.05, 0) is 77.1 Å². The zero-order chi connectivity index (χ0) is 20.2. The molecule has 5 rings (SSSR count). The lowest BCUT2D eigenvalue weighted by atomic mass is 9.73. The lowest BCUT2D eigenvalue weighted by Gasteiger charge is -2.29. The van der Waals surface area contributed by atoms with Crippen LogP contribution in [0.5, 0.6) is 11.5 Å². The number of rotatable bonds is 2. The van der Waals surface area contributed by atoms with Crippen LogP contribution in [-0.4, -0.2) is 10.2 Å². The largest absolute Gasteiger partial charge is 0.508 e. The first-order valence-corrected chi connectivity index (χ1v) is 9.83. The SMILES string of the molecule is Cc1cc(-c2ccc(O)c(C3(C)c4ccccc4-c4ccccc43)c2)ccc1O. The molecule has 4 aromatic carbocycles. The number of aromatic hydroxyl groups is 2. The third kappa shape index (κ3) is 2.49. The topological polar surface area (TPSA) is 40.5 Å². The minimum Gasteiger partial charge on any atom is -0.508 e. The Morgan fingerprint density at radius 3 is 1.69 bits per heavy atom. The van der Waals surface area contributed by atoms with Gasteiger partial charge >= 0.3 is 0 Å². The summed E-state index contributed by atoms with van der Waals surface area (Å²) in [6, 6.07) is 28.3. The van der Waals surface area contributed by atoms with Crippen molar-refractivity contribution in [3.8, 4) is 33.8 Å². The zero-order valence-electron chi connectivity index (χ0n) is 16.5. The first-order chi connectivity index (χ1) is 14.0. The Hall–Kier alpha value is -3.52. The fraction of sp³-hybridized carbons (Fsp3) is 0.111. The monoisotopic (exact) mass is 378 g/mol. The van der Waals surface area contributed by atoms with Gasteiger partial charge in [0.25, 0.3) is 0 Å². The Balaban J connectivity index is 1.77. The maximum absolute atomic E-state index is 10.9. The second-order valence-electron chi connectivity index (χ2n) is 7.95. The van der Waals surface area contributed by atoms with E-state index in [1.54, 1.807) is 12.1 Å². The summed E-state index contributed by atoms with van der Waals surface area (Å²) in [7, 11) is 0. The van der Waals surface area contributed by atoms with Gasteiger partial charge in [0.1, 0.15) is 11.5 Å². The van der Waals surface area contributed by atoms with Crippen LogP contribution in [0.3, 0.4) is 0 Å². The van der Waals surface area contributed by atoms with Crippen LogP contribution in [0.15, 0.2) is 84.9 Å². The van der Waals surface area contributed by atoms with Crippen molar-refractivity contribution in [3.63, 3.8) is 0 Å². The number of phenols is 2. The summed E-state index contributed by atoms with van der Waals surface area (Å²) < 4.78 is 0. The predicted molar refractivity (Wildman–Crippen MR) is 117 cm³/mol. The number of hydrogen-bond acceptors (Lipinski definition) is 2. The summed E-state index contributed by atoms with van der Waals surface area (Å²) in [5.74, 6) is 0.580. The van der Waals surface area contributed by atoms with Crippen LogP contribution in [0.2, 0.25) is 0 Å². The molecule has 0 bridgehead atoms. The quantitative estimate of drug-likeness (QED) is 0.423. The molecule has 0 atom stereocenters. The first-order valence-electron chi connectivity index (χ1n) is 9.83. The van der Waals surface area contributed by atoms with Crippen molar-refractivity contribution in [2.75, 3.05) is 0 Å². The Morgan fingerprint density at radius 2 is 1.10 bits per heavy atom. The minimum atomic E-state index is -0.445. The molecule has 2 nitrogen and oxygen atoms in total. The van der Waals surface area contributed by atoms with E-state index < -0.39 is 5.41 Å². The third-order valence-electron chi connectivity index (χ3n) is 6.29. The lowest BCUT2D eigenvalue weighted by Crippen LogP contribution is -2.22. The maximum Gasteiger partial charge on any atom is 0.120 e. The van der Waals surface area contributed by atoms with E-state index in [4.69, 9.17) is 0 Å². The molecule has 4 aromatic rings. The molecule has 0 heterocycles. The standard InChI is InChI=1S/C27H22O2/c1-17-15-18(11-13-25(17)28)19-12-14-26(29)24(16-19)27(2)22-9-5-3-7-20(22)21-8-4-6-10-23(21)27/h3-16,28-29H,1-2H3. The smallest absolute Gasteiger partial charge is 0.120 e. The highest BCUT2D eigenvalue weighted by molar-refractivity contribution is 5.84. The summed E-state index contributed by atoms with van der Waals surface area (Å²) in [4.78, 5) is 0. The molecule has 0 radical (unpaired) electrons. The Kier molecular flexibility index (Phi) is 3.78. The molecule has 2 heteroatoms. The van der Waals surface area contributed by atoms with Crippen LogP contribution in [0.25, 0.3) is 22.3 Å². The molecule has 29 heavy (non-hydrogen) atoms. The third-order valence-corrected chi connectivity index (χ3v) is 6.29. The molecule has 2 N–H and O–H groups in total. The Morgan fingerprint density at radius 1 is 0.586 bits per heavy atom. The molecule has 0 fully saturated rings. The highest BCUT2D eigenvalue weighted by Crippen LogP contribution is 2.54. The van der Waals surface area contributed by atoms with Crippen LogP contribution >= 0.6 is 0 Å². The van der Waals surface area contributed by atoms with Gasteiger partial charge in [-0.15, -0.1) is 0 Å². The molecule has 1 aliphatic rings. The van der Waals surface area contributed by atoms with E-state index in [1.807, 2.05) is 25.1 Å². The van der Waals surface area contributed by atoms with E-state index >= 15 is 0 Å². The fourth-order valence-corrected chi connectivity index (χ4v) is 4.69. The highest BCUT2D eigenvalue weighted by atomic mass is 16.3. The molecule has 0 aromatic heterocycles. The van der Waals surface area contributed by atoms with E-state index in [1.165, 1.54) is 22.3 Å². The number of fused-ring (bicyclic) bond motifs is 3. The fourth-order valence-electron chi connectivity index (χ4n) is 4.69. The number of hydrogen-bond donors (Lipinski definition) is 2. The van der Waals surface area contributed by atoms with Crippen LogP contribution in [-0.2, 0) is 5.41 Å². The highest BCUT2D eigenvalue weighted by Gasteiger charge is 2.42. The summed E-state index contributed by atoms with van der Waals surface area (Å²) in [5, 5.41) is 20.8. The molecule has 0 amide bonds. The van der Waals surface area contributed by atoms with Crippen molar-refractivity contribution in [1.29, 1.82) is 0 Å². The van der Waals surface area contributed by atoms with Gasteiger partial charge in [-0.25, -0.2) is 0 Å². The van der Waals surface area contributed by atoms with E-state index in [2.05, 4.69) is 61.5 Å². The van der Waals surface area contributed by atoms with Gasteiger partial charge in [0.2, 0.25) is 0 Å². The summed E-state index contributed by atoms with van der Waals surface area (Å²) in [5.41, 5.74) is 8.16. The summed E-state index contributed by atoms with van der Waals surface area (Å²) >= 11 is 0. The summed E-state index contributed by atoms with van der Waals surface area (Å²) in [6.45, 7) is 4.09. The molecule has 0 unspecified atom stereocenters. The second kappa shape index (κ2) is 6.25. The molecule has 0 saturated carbocycles. The lowest BCUT2D eigenvalue weighted by molar-refractivity contribution is 0.458. The van der Waals surface area contributed by atoms with Crippen LogP contribution in [0.1, 0.15) is 29.2 Å². The van der Waals surface area contributed by atoms with Crippen LogP contribution in [0.4, 0.5) is 0 Å². The zero-order valence-corrected chi connectivity index (χ0v) is 16.5. The van der Waals surface area contributed by atoms with Crippen molar-refractivity contribution in [2.24, 2.45) is 0 Å². The predicted octanol–water partition coefficient (Wildman–Crippen LogP) is 6.41. The molecule has 1 aliphatic carbocycles. The molecular formula is C27H22O2. The molecule has 0 spiro atoms. The van der Waals surface area contributed by atoms with Crippen molar-refractivity contribution < 1.29 is 10.2 Å². The van der Waals surface area contributed by atoms with Gasteiger partial charge in [0.15, 0.2) is 0 Å². The van der Waals surface area contributed by atoms with Crippen molar-refractivity contribution >= 4 is 0 Å². The van der Waals surface area contributed by atoms with E-state index in [9.17, 15) is 10.2 Å². The first kappa shape index (κ1) is 17.6. The van der Waals surface area contributed by atoms with Crippen molar-refractivity contribution in [1.82, 2.24) is 0 Å². The number of aryl methyl sites for hydroxylation is 1. The Labute approximate surface area is 170 Å². The van der Waals surface area contributed by atoms with E-state index in [0.717, 1.165) is 22.3 Å². The van der Waals surface area contributed by atoms with Crippen LogP contribution in [0, 0.1) is 6.92 Å². The van der Waals surface area contributed by atoms with Gasteiger partial charge in [-0.2, -0.15) is 0 Å². The Bertz CT molecular complexity index is 1210. The van der Waals surface area contributed by atoms with E-state index in [0.29, 0.717) is 11.5 Å². The van der Waals surface area contributed by atoms with Crippen molar-refractivity contribution in [2.45, 2.75) is 19.3 Å². The summed E-state index contributed by atoms with van der Waals surface area (Å²) in [6.07, 6.45) is 0. The maximum atomic E-state index is 10.9. The average molecular weight is 378 g/mol. The van der Waals surface area contributed by atoms with Crippen molar-refractivity contribution in [3.05, 3.63) is 107 Å².